The number of carbonyl (C=O) groups excluding carboxylic acids is 1. The van der Waals surface area contributed by atoms with Gasteiger partial charge in [-0.3, -0.25) is 9.78 Å². The highest BCUT2D eigenvalue weighted by Crippen LogP contribution is 2.40. The topological polar surface area (TPSA) is 116 Å². The summed E-state index contributed by atoms with van der Waals surface area (Å²) >= 11 is 0. The van der Waals surface area contributed by atoms with Gasteiger partial charge in [0.15, 0.2) is 0 Å². The zero-order valence-corrected chi connectivity index (χ0v) is 18.7. The first-order chi connectivity index (χ1) is 16.7. The van der Waals surface area contributed by atoms with Crippen LogP contribution in [0.15, 0.2) is 43.0 Å². The second kappa shape index (κ2) is 8.56. The molecule has 0 aromatic carbocycles. The van der Waals surface area contributed by atoms with Crippen molar-refractivity contribution in [2.75, 3.05) is 5.32 Å². The highest BCUT2D eigenvalue weighted by molar-refractivity contribution is 6.02. The fraction of sp³-hybridized carbons (Fsp3) is 0.318. The van der Waals surface area contributed by atoms with E-state index in [1.54, 1.807) is 29.1 Å². The van der Waals surface area contributed by atoms with E-state index in [1.807, 2.05) is 13.8 Å². The molecular weight excluding hydrogens is 463 g/mol. The molecule has 1 N–H and O–H groups in total. The molecule has 0 unspecified atom stereocenters. The predicted molar refractivity (Wildman–Crippen MR) is 118 cm³/mol. The maximum atomic E-state index is 13.7. The highest BCUT2D eigenvalue weighted by atomic mass is 19.4. The number of hydrogen-bond acceptors (Lipinski definition) is 7. The summed E-state index contributed by atoms with van der Waals surface area (Å²) in [6.07, 6.45) is 0.808. The van der Waals surface area contributed by atoms with Gasteiger partial charge >= 0.3 is 6.18 Å². The Bertz CT molecular complexity index is 1390. The fourth-order valence-corrected chi connectivity index (χ4v) is 3.58. The van der Waals surface area contributed by atoms with Crippen LogP contribution in [-0.2, 0) is 6.18 Å². The van der Waals surface area contributed by atoms with E-state index in [2.05, 4.69) is 35.8 Å². The molecule has 4 aromatic rings. The van der Waals surface area contributed by atoms with E-state index in [-0.39, 0.29) is 29.2 Å². The molecule has 4 aromatic heterocycles. The smallest absolute Gasteiger partial charge is 0.305 e. The van der Waals surface area contributed by atoms with Crippen LogP contribution in [0.5, 0.6) is 0 Å². The fourth-order valence-electron chi connectivity index (χ4n) is 3.58. The lowest BCUT2D eigenvalue weighted by molar-refractivity contribution is -0.137. The molecule has 4 heterocycles. The molecule has 0 atom stereocenters. The molecule has 5 rings (SSSR count). The molecule has 0 saturated heterocycles. The van der Waals surface area contributed by atoms with Crippen LogP contribution in [0.2, 0.25) is 0 Å². The number of hydrogen-bond donors (Lipinski definition) is 1. The standard InChI is InChI=1S/C22H20F3N9O/c1-12(2)34-20(30-31-32-34)15-4-3-5-19(28-15)29-21(35)16-8-18(14(9-26-16)22(23,24)25)33-10-17(27-11-33)13-6-7-13/h3-5,8-13H,6-7H2,1-2H3,(H,28,29,35). The summed E-state index contributed by atoms with van der Waals surface area (Å²) in [6.45, 7) is 3.82. The lowest BCUT2D eigenvalue weighted by Crippen LogP contribution is -2.18. The summed E-state index contributed by atoms with van der Waals surface area (Å²) in [7, 11) is 0. The van der Waals surface area contributed by atoms with Crippen LogP contribution in [0, 0.1) is 0 Å². The van der Waals surface area contributed by atoms with Gasteiger partial charge in [-0.25, -0.2) is 14.6 Å². The molecule has 1 aliphatic rings. The second-order valence-corrected chi connectivity index (χ2v) is 8.47. The number of pyridine rings is 2. The van der Waals surface area contributed by atoms with Crippen molar-refractivity contribution in [2.45, 2.75) is 44.8 Å². The molecular formula is C22H20F3N9O. The number of tetrazole rings is 1. The molecule has 0 spiro atoms. The van der Waals surface area contributed by atoms with Crippen molar-refractivity contribution in [2.24, 2.45) is 0 Å². The summed E-state index contributed by atoms with van der Waals surface area (Å²) < 4.78 is 43.8. The first-order valence-electron chi connectivity index (χ1n) is 10.9. The van der Waals surface area contributed by atoms with Gasteiger partial charge in [0, 0.05) is 18.3 Å². The Morgan fingerprint density at radius 2 is 2.00 bits per heavy atom. The number of rotatable bonds is 6. The first kappa shape index (κ1) is 22.6. The van der Waals surface area contributed by atoms with Gasteiger partial charge in [0.25, 0.3) is 5.91 Å². The molecule has 0 radical (unpaired) electrons. The number of carbonyl (C=O) groups is 1. The third-order valence-corrected chi connectivity index (χ3v) is 5.50. The van der Waals surface area contributed by atoms with Gasteiger partial charge in [-0.1, -0.05) is 6.07 Å². The van der Waals surface area contributed by atoms with E-state index in [1.165, 1.54) is 10.9 Å². The third kappa shape index (κ3) is 4.61. The molecule has 1 saturated carbocycles. The third-order valence-electron chi connectivity index (χ3n) is 5.50. The van der Waals surface area contributed by atoms with Crippen LogP contribution in [0.4, 0.5) is 19.0 Å². The number of halogens is 3. The second-order valence-electron chi connectivity index (χ2n) is 8.47. The number of imidazole rings is 1. The summed E-state index contributed by atoms with van der Waals surface area (Å²) in [5.74, 6) is 0.145. The maximum Gasteiger partial charge on any atom is 0.419 e. The summed E-state index contributed by atoms with van der Waals surface area (Å²) in [5.41, 5.74) is -0.238. The minimum atomic E-state index is -4.66. The summed E-state index contributed by atoms with van der Waals surface area (Å²) in [4.78, 5) is 25.2. The molecule has 1 amide bonds. The van der Waals surface area contributed by atoms with Crippen molar-refractivity contribution in [3.05, 3.63) is 59.9 Å². The quantitative estimate of drug-likeness (QED) is 0.440. The molecule has 13 heteroatoms. The van der Waals surface area contributed by atoms with E-state index in [4.69, 9.17) is 0 Å². The molecule has 35 heavy (non-hydrogen) atoms. The van der Waals surface area contributed by atoms with Gasteiger partial charge < -0.3 is 9.88 Å². The van der Waals surface area contributed by atoms with Crippen LogP contribution >= 0.6 is 0 Å². The van der Waals surface area contributed by atoms with Crippen molar-refractivity contribution < 1.29 is 18.0 Å². The minimum Gasteiger partial charge on any atom is -0.305 e. The molecule has 1 aliphatic carbocycles. The van der Waals surface area contributed by atoms with Crippen LogP contribution in [0.3, 0.4) is 0 Å². The lowest BCUT2D eigenvalue weighted by Gasteiger charge is -2.14. The number of anilines is 1. The number of nitrogens with zero attached hydrogens (tertiary/aromatic N) is 8. The average molecular weight is 483 g/mol. The van der Waals surface area contributed by atoms with Gasteiger partial charge in [0.2, 0.25) is 5.82 Å². The van der Waals surface area contributed by atoms with E-state index in [0.717, 1.165) is 24.6 Å². The molecule has 10 nitrogen and oxygen atoms in total. The zero-order chi connectivity index (χ0) is 24.7. The number of nitrogens with one attached hydrogen (secondary N) is 1. The molecule has 1 fully saturated rings. The minimum absolute atomic E-state index is 0.0153. The Hall–Kier alpha value is -4.16. The van der Waals surface area contributed by atoms with E-state index in [0.29, 0.717) is 17.7 Å². The van der Waals surface area contributed by atoms with Gasteiger partial charge in [-0.05, 0) is 55.3 Å². The van der Waals surface area contributed by atoms with E-state index < -0.39 is 17.6 Å². The van der Waals surface area contributed by atoms with Crippen LogP contribution in [0.25, 0.3) is 17.2 Å². The largest absolute Gasteiger partial charge is 0.419 e. The number of amides is 1. The Kier molecular flexibility index (Phi) is 5.53. The molecule has 180 valence electrons. The SMILES string of the molecule is CC(C)n1nnnc1-c1cccc(NC(=O)c2cc(-n3cnc(C4CC4)c3)c(C(F)(F)F)cn2)n1. The van der Waals surface area contributed by atoms with Crippen molar-refractivity contribution in [3.8, 4) is 17.2 Å². The van der Waals surface area contributed by atoms with Gasteiger partial charge in [-0.15, -0.1) is 5.10 Å². The van der Waals surface area contributed by atoms with Crippen molar-refractivity contribution in [1.29, 1.82) is 0 Å². The van der Waals surface area contributed by atoms with Crippen molar-refractivity contribution >= 4 is 11.7 Å². The summed E-state index contributed by atoms with van der Waals surface area (Å²) in [6, 6.07) is 5.98. The monoisotopic (exact) mass is 483 g/mol. The first-order valence-corrected chi connectivity index (χ1v) is 10.9. The maximum absolute atomic E-state index is 13.7. The zero-order valence-electron chi connectivity index (χ0n) is 18.7. The van der Waals surface area contributed by atoms with E-state index in [9.17, 15) is 18.0 Å². The Morgan fingerprint density at radius 1 is 1.20 bits per heavy atom. The summed E-state index contributed by atoms with van der Waals surface area (Å²) in [5, 5.41) is 14.2. The average Bonchev–Trinajstić information content (AvgIpc) is 3.33. The predicted octanol–water partition coefficient (Wildman–Crippen LogP) is 4.05. The number of aromatic nitrogens is 8. The Balaban J connectivity index is 1.44. The lowest BCUT2D eigenvalue weighted by atomic mass is 10.2. The van der Waals surface area contributed by atoms with Crippen molar-refractivity contribution in [1.82, 2.24) is 39.7 Å². The Labute approximate surface area is 197 Å². The molecule has 0 aliphatic heterocycles. The normalized spacial score (nSPS) is 13.9. The van der Waals surface area contributed by atoms with Crippen molar-refractivity contribution in [3.63, 3.8) is 0 Å². The van der Waals surface area contributed by atoms with E-state index >= 15 is 0 Å². The Morgan fingerprint density at radius 3 is 2.71 bits per heavy atom. The van der Waals surface area contributed by atoms with Crippen LogP contribution < -0.4 is 5.32 Å². The van der Waals surface area contributed by atoms with Crippen LogP contribution in [-0.4, -0.2) is 45.6 Å². The van der Waals surface area contributed by atoms with Gasteiger partial charge in [-0.2, -0.15) is 13.2 Å². The van der Waals surface area contributed by atoms with Crippen LogP contribution in [0.1, 0.15) is 60.4 Å². The highest BCUT2D eigenvalue weighted by Gasteiger charge is 2.36. The number of alkyl halides is 3. The van der Waals surface area contributed by atoms with Gasteiger partial charge in [0.05, 0.1) is 29.3 Å². The molecule has 0 bridgehead atoms. The van der Waals surface area contributed by atoms with Gasteiger partial charge in [0.1, 0.15) is 17.2 Å².